The van der Waals surface area contributed by atoms with Crippen molar-refractivity contribution in [2.75, 3.05) is 6.54 Å². The van der Waals surface area contributed by atoms with E-state index in [0.29, 0.717) is 19.4 Å². The van der Waals surface area contributed by atoms with Gasteiger partial charge in [0, 0.05) is 6.54 Å². The van der Waals surface area contributed by atoms with Gasteiger partial charge in [-0.1, -0.05) is 0 Å². The molecule has 7 nitrogen and oxygen atoms in total. The Morgan fingerprint density at radius 2 is 2.14 bits per heavy atom. The summed E-state index contributed by atoms with van der Waals surface area (Å²) >= 11 is 0. The highest BCUT2D eigenvalue weighted by Crippen LogP contribution is 1.99. The number of carboxylic acids is 1. The number of aliphatic imine (C=N–C) groups is 1. The van der Waals surface area contributed by atoms with Crippen molar-refractivity contribution in [2.45, 2.75) is 25.3 Å². The summed E-state index contributed by atoms with van der Waals surface area (Å²) in [6.45, 7) is 0.516. The Hall–Kier alpha value is -1.34. The number of rotatable bonds is 6. The number of carboxylic acid groups (broad SMARTS) is 1. The topological polar surface area (TPSA) is 140 Å². The van der Waals surface area contributed by atoms with Crippen LogP contribution in [0, 0.1) is 0 Å². The first-order valence-electron chi connectivity index (χ1n) is 4.33. The molecule has 0 bridgehead atoms. The Labute approximate surface area is 82.3 Å². The fraction of sp³-hybridized carbons (Fsp3) is 0.714. The lowest BCUT2D eigenvalue weighted by Gasteiger charge is -2.04. The van der Waals surface area contributed by atoms with E-state index in [-0.39, 0.29) is 5.96 Å². The quantitative estimate of drug-likeness (QED) is 0.115. The number of nitrogens with zero attached hydrogens (tertiary/aromatic N) is 1. The zero-order chi connectivity index (χ0) is 11.0. The van der Waals surface area contributed by atoms with Gasteiger partial charge in [-0.3, -0.25) is 15.2 Å². The average molecular weight is 203 g/mol. The van der Waals surface area contributed by atoms with Crippen LogP contribution in [-0.4, -0.2) is 29.6 Å². The summed E-state index contributed by atoms with van der Waals surface area (Å²) in [6, 6.07) is -0.788. The summed E-state index contributed by atoms with van der Waals surface area (Å²) in [5.41, 5.74) is 12.7. The Morgan fingerprint density at radius 3 is 2.64 bits per heavy atom. The number of hydrogen-bond donors (Lipinski definition) is 5. The molecule has 0 rings (SSSR count). The number of nitrogens with two attached hydrogens (primary N) is 3. The summed E-state index contributed by atoms with van der Waals surface area (Å²) in [6.07, 6.45) is 1.89. The van der Waals surface area contributed by atoms with Crippen LogP contribution in [0.25, 0.3) is 0 Å². The number of carbonyl (C=O) groups is 1. The number of guanidine groups is 1. The normalized spacial score (nSPS) is 13.7. The molecule has 0 fully saturated rings. The van der Waals surface area contributed by atoms with Crippen LogP contribution in [0.1, 0.15) is 19.3 Å². The second-order valence-corrected chi connectivity index (χ2v) is 2.85. The molecule has 0 saturated heterocycles. The lowest BCUT2D eigenvalue weighted by molar-refractivity contribution is -0.138. The molecular formula is C7H17N5O2. The molecule has 0 aliphatic heterocycles. The maximum absolute atomic E-state index is 10.3. The van der Waals surface area contributed by atoms with Crippen molar-refractivity contribution in [3.63, 3.8) is 0 Å². The third-order valence-electron chi connectivity index (χ3n) is 1.67. The molecule has 0 aromatic carbocycles. The van der Waals surface area contributed by atoms with Crippen LogP contribution in [0.5, 0.6) is 0 Å². The number of nitrogens with one attached hydrogen (secondary N) is 1. The number of aliphatic carboxylic acids is 1. The van der Waals surface area contributed by atoms with Gasteiger partial charge in [0.15, 0.2) is 0 Å². The first kappa shape index (κ1) is 12.7. The summed E-state index contributed by atoms with van der Waals surface area (Å²) in [5, 5.41) is 8.47. The van der Waals surface area contributed by atoms with Gasteiger partial charge in [-0.05, 0) is 19.3 Å². The van der Waals surface area contributed by atoms with Gasteiger partial charge in [0.05, 0.1) is 0 Å². The maximum Gasteiger partial charge on any atom is 0.320 e. The van der Waals surface area contributed by atoms with Crippen molar-refractivity contribution in [1.82, 2.24) is 5.43 Å². The second kappa shape index (κ2) is 7.10. The minimum Gasteiger partial charge on any atom is -0.480 e. The molecule has 0 saturated carbocycles. The zero-order valence-corrected chi connectivity index (χ0v) is 7.94. The van der Waals surface area contributed by atoms with Crippen LogP contribution in [0.4, 0.5) is 0 Å². The molecule has 0 aliphatic carbocycles. The van der Waals surface area contributed by atoms with Gasteiger partial charge >= 0.3 is 5.97 Å². The minimum atomic E-state index is -0.975. The first-order chi connectivity index (χ1) is 6.57. The molecule has 0 aromatic heterocycles. The Morgan fingerprint density at radius 1 is 1.50 bits per heavy atom. The van der Waals surface area contributed by atoms with Crippen molar-refractivity contribution >= 4 is 11.9 Å². The van der Waals surface area contributed by atoms with Crippen molar-refractivity contribution in [1.29, 1.82) is 0 Å². The average Bonchev–Trinajstić information content (AvgIpc) is 2.16. The standard InChI is InChI=1S/C7H17N5O2/c8-5(6(13)14)3-1-2-4-11-7(9)12-10/h5H,1-4,8,10H2,(H,13,14)(H3,9,11,12). The van der Waals surface area contributed by atoms with E-state index in [1.54, 1.807) is 0 Å². The molecule has 1 unspecified atom stereocenters. The van der Waals surface area contributed by atoms with Crippen molar-refractivity contribution in [2.24, 2.45) is 22.3 Å². The molecule has 0 amide bonds. The van der Waals surface area contributed by atoms with Gasteiger partial charge in [-0.2, -0.15) is 0 Å². The number of hydrazine groups is 1. The highest BCUT2D eigenvalue weighted by Gasteiger charge is 2.09. The van der Waals surface area contributed by atoms with Gasteiger partial charge in [0.1, 0.15) is 6.04 Å². The van der Waals surface area contributed by atoms with Gasteiger partial charge in [0.25, 0.3) is 0 Å². The number of unbranched alkanes of at least 4 members (excludes halogenated alkanes) is 1. The van der Waals surface area contributed by atoms with Crippen LogP contribution in [0.2, 0.25) is 0 Å². The van der Waals surface area contributed by atoms with E-state index in [2.05, 4.69) is 10.4 Å². The summed E-state index contributed by atoms with van der Waals surface area (Å²) < 4.78 is 0. The van der Waals surface area contributed by atoms with Crippen molar-refractivity contribution in [3.05, 3.63) is 0 Å². The van der Waals surface area contributed by atoms with Crippen LogP contribution >= 0.6 is 0 Å². The summed E-state index contributed by atoms with van der Waals surface area (Å²) in [4.78, 5) is 14.2. The van der Waals surface area contributed by atoms with Crippen molar-refractivity contribution < 1.29 is 9.90 Å². The Balaban J connectivity index is 3.43. The van der Waals surface area contributed by atoms with Crippen molar-refractivity contribution in [3.8, 4) is 0 Å². The van der Waals surface area contributed by atoms with Gasteiger partial charge in [-0.25, -0.2) is 5.84 Å². The molecule has 7 heteroatoms. The molecule has 1 atom stereocenters. The summed E-state index contributed by atoms with van der Waals surface area (Å²) in [7, 11) is 0. The highest BCUT2D eigenvalue weighted by atomic mass is 16.4. The van der Waals surface area contributed by atoms with E-state index >= 15 is 0 Å². The Bertz CT molecular complexity index is 206. The molecule has 0 aliphatic rings. The molecule has 8 N–H and O–H groups in total. The van der Waals surface area contributed by atoms with E-state index < -0.39 is 12.0 Å². The molecule has 0 heterocycles. The highest BCUT2D eigenvalue weighted by molar-refractivity contribution is 5.77. The molecular weight excluding hydrogens is 186 g/mol. The minimum absolute atomic E-state index is 0.174. The van der Waals surface area contributed by atoms with E-state index in [1.807, 2.05) is 0 Å². The Kier molecular flexibility index (Phi) is 6.42. The molecule has 0 spiro atoms. The smallest absolute Gasteiger partial charge is 0.320 e. The fourth-order valence-corrected chi connectivity index (χ4v) is 0.845. The predicted octanol–water partition coefficient (Wildman–Crippen LogP) is -1.65. The van der Waals surface area contributed by atoms with Crippen LogP contribution in [-0.2, 0) is 4.79 Å². The molecule has 82 valence electrons. The third-order valence-corrected chi connectivity index (χ3v) is 1.67. The SMILES string of the molecule is NNC(N)=NCCCCC(N)C(=O)O. The predicted molar refractivity (Wildman–Crippen MR) is 53.3 cm³/mol. The molecule has 14 heavy (non-hydrogen) atoms. The van der Waals surface area contributed by atoms with Crippen LogP contribution < -0.4 is 22.7 Å². The summed E-state index contributed by atoms with van der Waals surface area (Å²) in [5.74, 6) is 4.17. The third kappa shape index (κ3) is 6.21. The van der Waals surface area contributed by atoms with E-state index in [4.69, 9.17) is 22.4 Å². The van der Waals surface area contributed by atoms with E-state index in [1.165, 1.54) is 0 Å². The first-order valence-corrected chi connectivity index (χ1v) is 4.33. The lowest BCUT2D eigenvalue weighted by Crippen LogP contribution is -2.37. The maximum atomic E-state index is 10.3. The lowest BCUT2D eigenvalue weighted by atomic mass is 10.1. The fourth-order valence-electron chi connectivity index (χ4n) is 0.845. The monoisotopic (exact) mass is 203 g/mol. The second-order valence-electron chi connectivity index (χ2n) is 2.85. The van der Waals surface area contributed by atoms with Crippen LogP contribution in [0.15, 0.2) is 4.99 Å². The van der Waals surface area contributed by atoms with Gasteiger partial charge in [-0.15, -0.1) is 0 Å². The van der Waals surface area contributed by atoms with Gasteiger partial charge in [0.2, 0.25) is 5.96 Å². The van der Waals surface area contributed by atoms with Crippen LogP contribution in [0.3, 0.4) is 0 Å². The zero-order valence-electron chi connectivity index (χ0n) is 7.94. The van der Waals surface area contributed by atoms with E-state index in [9.17, 15) is 4.79 Å². The molecule has 0 radical (unpaired) electrons. The molecule has 0 aromatic rings. The van der Waals surface area contributed by atoms with Gasteiger partial charge < -0.3 is 16.6 Å². The number of hydrogen-bond acceptors (Lipinski definition) is 4. The largest absolute Gasteiger partial charge is 0.480 e. The van der Waals surface area contributed by atoms with E-state index in [0.717, 1.165) is 6.42 Å².